The van der Waals surface area contributed by atoms with Crippen molar-refractivity contribution in [2.24, 2.45) is 0 Å². The number of hydrogen-bond donors (Lipinski definition) is 0. The van der Waals surface area contributed by atoms with Crippen molar-refractivity contribution in [2.75, 3.05) is 4.90 Å². The van der Waals surface area contributed by atoms with Crippen LogP contribution in [0.5, 0.6) is 0 Å². The minimum atomic E-state index is -0.0697. The molecule has 0 radical (unpaired) electrons. The summed E-state index contributed by atoms with van der Waals surface area (Å²) >= 11 is 1.88. The van der Waals surface area contributed by atoms with E-state index in [1.165, 1.54) is 70.0 Å². The number of hydrogen-bond acceptors (Lipinski definition) is 2. The summed E-state index contributed by atoms with van der Waals surface area (Å²) in [6.07, 6.45) is 0. The number of nitrogens with zero attached hydrogens (tertiary/aromatic N) is 1. The van der Waals surface area contributed by atoms with Crippen molar-refractivity contribution in [1.82, 2.24) is 0 Å². The molecule has 0 unspecified atom stereocenters. The molecule has 7 aromatic carbocycles. The number of fused-ring (bicyclic) bond motifs is 7. The van der Waals surface area contributed by atoms with Crippen LogP contribution in [0.3, 0.4) is 0 Å². The molecule has 0 aliphatic heterocycles. The number of benzene rings is 7. The first kappa shape index (κ1) is 26.2. The summed E-state index contributed by atoms with van der Waals surface area (Å²) < 4.78 is 2.68. The summed E-state index contributed by atoms with van der Waals surface area (Å²) in [6, 6.07) is 55.9. The van der Waals surface area contributed by atoms with Gasteiger partial charge < -0.3 is 4.90 Å². The first-order valence-corrected chi connectivity index (χ1v) is 16.4. The average Bonchev–Trinajstić information content (AvgIpc) is 3.56. The summed E-state index contributed by atoms with van der Waals surface area (Å²) in [6.45, 7) is 4.71. The largest absolute Gasteiger partial charge is 0.310 e. The third-order valence-corrected chi connectivity index (χ3v) is 10.8. The standard InChI is InChI=1S/C43H31NS/c1-43(2)39-14-8-6-12-35(39)36-23-22-34(27-40(36)43)44(32-19-16-29(17-20-32)28-10-4-3-5-11-28)33-21-18-30-26-42-38(25-31(30)24-33)37-13-7-9-15-41(37)45-42/h3-27H,1-2H3. The van der Waals surface area contributed by atoms with Gasteiger partial charge in [-0.25, -0.2) is 0 Å². The lowest BCUT2D eigenvalue weighted by Crippen LogP contribution is -2.16. The maximum atomic E-state index is 2.42. The molecule has 0 bridgehead atoms. The molecule has 1 nitrogen and oxygen atoms in total. The molecule has 1 aromatic heterocycles. The van der Waals surface area contributed by atoms with Crippen molar-refractivity contribution in [3.63, 3.8) is 0 Å². The lowest BCUT2D eigenvalue weighted by molar-refractivity contribution is 0.660. The van der Waals surface area contributed by atoms with Crippen LogP contribution in [0.2, 0.25) is 0 Å². The predicted octanol–water partition coefficient (Wildman–Crippen LogP) is 12.7. The molecule has 2 heteroatoms. The Balaban J connectivity index is 1.22. The van der Waals surface area contributed by atoms with Crippen molar-refractivity contribution in [1.29, 1.82) is 0 Å². The Morgan fingerprint density at radius 1 is 0.444 bits per heavy atom. The van der Waals surface area contributed by atoms with Gasteiger partial charge in [0.15, 0.2) is 0 Å². The topological polar surface area (TPSA) is 3.24 Å². The van der Waals surface area contributed by atoms with Gasteiger partial charge >= 0.3 is 0 Å². The van der Waals surface area contributed by atoms with Crippen molar-refractivity contribution < 1.29 is 0 Å². The number of anilines is 3. The van der Waals surface area contributed by atoms with Crippen LogP contribution < -0.4 is 4.90 Å². The van der Waals surface area contributed by atoms with Crippen LogP contribution in [0.15, 0.2) is 152 Å². The van der Waals surface area contributed by atoms with E-state index in [4.69, 9.17) is 0 Å². The SMILES string of the molecule is CC1(C)c2ccccc2-c2ccc(N(c3ccc(-c4ccccc4)cc3)c3ccc4cc5sc6ccccc6c5cc4c3)cc21. The van der Waals surface area contributed by atoms with Gasteiger partial charge in [0.1, 0.15) is 0 Å². The monoisotopic (exact) mass is 593 g/mol. The first-order chi connectivity index (χ1) is 22.0. The molecular weight excluding hydrogens is 563 g/mol. The van der Waals surface area contributed by atoms with E-state index in [-0.39, 0.29) is 5.41 Å². The Morgan fingerprint density at radius 3 is 1.98 bits per heavy atom. The summed E-state index contributed by atoms with van der Waals surface area (Å²) in [4.78, 5) is 2.42. The van der Waals surface area contributed by atoms with Crippen molar-refractivity contribution >= 4 is 59.3 Å². The zero-order valence-corrected chi connectivity index (χ0v) is 26.1. The summed E-state index contributed by atoms with van der Waals surface area (Å²) in [5.74, 6) is 0. The molecule has 0 atom stereocenters. The smallest absolute Gasteiger partial charge is 0.0468 e. The van der Waals surface area contributed by atoms with Crippen LogP contribution in [-0.4, -0.2) is 0 Å². The summed E-state index contributed by atoms with van der Waals surface area (Å²) in [7, 11) is 0. The molecule has 9 rings (SSSR count). The molecule has 1 aliphatic carbocycles. The van der Waals surface area contributed by atoms with Gasteiger partial charge in [-0.05, 0) is 98.8 Å². The molecule has 0 amide bonds. The lowest BCUT2D eigenvalue weighted by Gasteiger charge is -2.28. The van der Waals surface area contributed by atoms with Gasteiger partial charge in [0.05, 0.1) is 0 Å². The Kier molecular flexibility index (Phi) is 5.78. The zero-order chi connectivity index (χ0) is 30.1. The van der Waals surface area contributed by atoms with E-state index >= 15 is 0 Å². The van der Waals surface area contributed by atoms with Crippen LogP contribution in [0.4, 0.5) is 17.1 Å². The van der Waals surface area contributed by atoms with E-state index in [9.17, 15) is 0 Å². The normalized spacial score (nSPS) is 13.3. The second-order valence-electron chi connectivity index (χ2n) is 12.6. The van der Waals surface area contributed by atoms with E-state index in [1.807, 2.05) is 11.3 Å². The molecular formula is C43H31NS. The van der Waals surface area contributed by atoms with Gasteiger partial charge in [0.2, 0.25) is 0 Å². The van der Waals surface area contributed by atoms with E-state index in [2.05, 4.69) is 170 Å². The highest BCUT2D eigenvalue weighted by molar-refractivity contribution is 7.25. The molecule has 0 saturated heterocycles. The third kappa shape index (κ3) is 4.13. The second-order valence-corrected chi connectivity index (χ2v) is 13.7. The van der Waals surface area contributed by atoms with Crippen LogP contribution >= 0.6 is 11.3 Å². The maximum Gasteiger partial charge on any atom is 0.0468 e. The summed E-state index contributed by atoms with van der Waals surface area (Å²) in [5.41, 5.74) is 11.3. The number of rotatable bonds is 4. The van der Waals surface area contributed by atoms with Crippen LogP contribution in [-0.2, 0) is 5.41 Å². The molecule has 1 aliphatic rings. The van der Waals surface area contributed by atoms with E-state index in [0.29, 0.717) is 0 Å². The molecule has 0 spiro atoms. The Bertz CT molecular complexity index is 2400. The van der Waals surface area contributed by atoms with E-state index in [0.717, 1.165) is 11.4 Å². The van der Waals surface area contributed by atoms with E-state index in [1.54, 1.807) is 0 Å². The first-order valence-electron chi connectivity index (χ1n) is 15.6. The highest BCUT2D eigenvalue weighted by atomic mass is 32.1. The highest BCUT2D eigenvalue weighted by Crippen LogP contribution is 2.51. The number of thiophene rings is 1. The van der Waals surface area contributed by atoms with Gasteiger partial charge in [-0.1, -0.05) is 111 Å². The van der Waals surface area contributed by atoms with Gasteiger partial charge in [-0.2, -0.15) is 0 Å². The minimum Gasteiger partial charge on any atom is -0.310 e. The van der Waals surface area contributed by atoms with Gasteiger partial charge in [0.25, 0.3) is 0 Å². The molecule has 214 valence electrons. The lowest BCUT2D eigenvalue weighted by atomic mass is 9.82. The quantitative estimate of drug-likeness (QED) is 0.196. The molecule has 8 aromatic rings. The Hall–Kier alpha value is -5.18. The molecule has 1 heterocycles. The van der Waals surface area contributed by atoms with Crippen LogP contribution in [0, 0.1) is 0 Å². The third-order valence-electron chi connectivity index (χ3n) is 9.64. The fourth-order valence-corrected chi connectivity index (χ4v) is 8.44. The molecule has 0 fully saturated rings. The predicted molar refractivity (Wildman–Crippen MR) is 195 cm³/mol. The maximum absolute atomic E-state index is 2.42. The van der Waals surface area contributed by atoms with E-state index < -0.39 is 0 Å². The van der Waals surface area contributed by atoms with Crippen LogP contribution in [0.1, 0.15) is 25.0 Å². The van der Waals surface area contributed by atoms with Crippen molar-refractivity contribution in [2.45, 2.75) is 19.3 Å². The fourth-order valence-electron chi connectivity index (χ4n) is 7.31. The van der Waals surface area contributed by atoms with Crippen LogP contribution in [0.25, 0.3) is 53.2 Å². The van der Waals surface area contributed by atoms with Crippen molar-refractivity contribution in [3.05, 3.63) is 163 Å². The van der Waals surface area contributed by atoms with Gasteiger partial charge in [0, 0.05) is 42.6 Å². The minimum absolute atomic E-state index is 0.0697. The second kappa shape index (κ2) is 9.92. The highest BCUT2D eigenvalue weighted by Gasteiger charge is 2.35. The Labute approximate surface area is 267 Å². The summed E-state index contributed by atoms with van der Waals surface area (Å²) in [5, 5.41) is 5.18. The molecule has 45 heavy (non-hydrogen) atoms. The zero-order valence-electron chi connectivity index (χ0n) is 25.3. The average molecular weight is 594 g/mol. The molecule has 0 saturated carbocycles. The van der Waals surface area contributed by atoms with Crippen molar-refractivity contribution in [3.8, 4) is 22.3 Å². The van der Waals surface area contributed by atoms with Gasteiger partial charge in [-0.15, -0.1) is 11.3 Å². The Morgan fingerprint density at radius 2 is 1.11 bits per heavy atom. The molecule has 0 N–H and O–H groups in total. The van der Waals surface area contributed by atoms with Gasteiger partial charge in [-0.3, -0.25) is 0 Å². The fraction of sp³-hybridized carbons (Fsp3) is 0.0698.